The fraction of sp³-hybridized carbons (Fsp3) is 0.773. The Bertz CT molecular complexity index is 778. The van der Waals surface area contributed by atoms with Crippen LogP contribution in [0.15, 0.2) is 4.99 Å². The Morgan fingerprint density at radius 1 is 0.973 bits per heavy atom. The number of aliphatic imine (C=N–C) groups is 1. The van der Waals surface area contributed by atoms with Crippen molar-refractivity contribution in [2.45, 2.75) is 83.1 Å². The third-order valence-corrected chi connectivity index (χ3v) is 6.09. The maximum atomic E-state index is 13.2. The number of rotatable bonds is 18. The molecule has 37 heavy (non-hydrogen) atoms. The molecule has 0 saturated carbocycles. The molecule has 0 heterocycles. The quantitative estimate of drug-likeness (QED) is 0.0276. The number of amides is 3. The first kappa shape index (κ1) is 34.5. The zero-order chi connectivity index (χ0) is 28.8. The van der Waals surface area contributed by atoms with Gasteiger partial charge in [-0.15, -0.1) is 0 Å². The highest BCUT2D eigenvalue weighted by molar-refractivity contribution is 7.98. The van der Waals surface area contributed by atoms with Crippen LogP contribution in [0.5, 0.6) is 0 Å². The Balaban J connectivity index is 5.58. The summed E-state index contributed by atoms with van der Waals surface area (Å²) in [6, 6.07) is -5.03. The number of thioether (sulfide) groups is 1. The van der Waals surface area contributed by atoms with E-state index < -0.39 is 53.8 Å². The van der Waals surface area contributed by atoms with Crippen LogP contribution in [-0.4, -0.2) is 94.9 Å². The van der Waals surface area contributed by atoms with Gasteiger partial charge in [0.1, 0.15) is 18.4 Å². The molecule has 0 aliphatic carbocycles. The van der Waals surface area contributed by atoms with Gasteiger partial charge in [-0.05, 0) is 51.0 Å². The molecule has 14 nitrogen and oxygen atoms in total. The summed E-state index contributed by atoms with van der Waals surface area (Å²) in [6.07, 6.45) is 3.08. The number of aliphatic hydroxyl groups is 2. The molecule has 5 atom stereocenters. The molecule has 0 aliphatic heterocycles. The number of hydrogen-bond donors (Lipinski definition) is 9. The van der Waals surface area contributed by atoms with E-state index in [2.05, 4.69) is 26.3 Å². The molecule has 214 valence electrons. The predicted molar refractivity (Wildman–Crippen MR) is 143 cm³/mol. The summed E-state index contributed by atoms with van der Waals surface area (Å²) in [5, 5.41) is 30.4. The van der Waals surface area contributed by atoms with Crippen LogP contribution in [0.4, 0.5) is 0 Å². The van der Waals surface area contributed by atoms with Crippen molar-refractivity contribution in [3.8, 4) is 0 Å². The number of nitrogens with zero attached hydrogens (tertiary/aromatic N) is 1. The predicted octanol–water partition coefficient (Wildman–Crippen LogP) is -2.93. The van der Waals surface area contributed by atoms with Crippen molar-refractivity contribution >= 4 is 41.7 Å². The molecule has 0 bridgehead atoms. The Kier molecular flexibility index (Phi) is 16.0. The zero-order valence-corrected chi connectivity index (χ0v) is 23.0. The fourth-order valence-corrected chi connectivity index (χ4v) is 3.50. The molecule has 15 heteroatoms. The van der Waals surface area contributed by atoms with Crippen LogP contribution in [0, 0.1) is 5.92 Å². The minimum Gasteiger partial charge on any atom is -0.370 e. The van der Waals surface area contributed by atoms with E-state index in [0.717, 1.165) is 0 Å². The summed E-state index contributed by atoms with van der Waals surface area (Å²) < 4.78 is 0. The summed E-state index contributed by atoms with van der Waals surface area (Å²) >= 11 is 1.45. The van der Waals surface area contributed by atoms with E-state index in [-0.39, 0.29) is 31.3 Å². The summed E-state index contributed by atoms with van der Waals surface area (Å²) in [5.41, 5.74) is 16.6. The highest BCUT2D eigenvalue weighted by atomic mass is 32.2. The van der Waals surface area contributed by atoms with Gasteiger partial charge in [0.25, 0.3) is 0 Å². The van der Waals surface area contributed by atoms with Crippen LogP contribution < -0.4 is 38.5 Å². The average molecular weight is 549 g/mol. The van der Waals surface area contributed by atoms with Crippen molar-refractivity contribution in [2.24, 2.45) is 28.1 Å². The monoisotopic (exact) mass is 548 g/mol. The van der Waals surface area contributed by atoms with Crippen molar-refractivity contribution < 1.29 is 29.4 Å². The number of carbonyl (C=O) groups excluding carboxylic acids is 4. The first-order chi connectivity index (χ1) is 17.2. The van der Waals surface area contributed by atoms with Crippen molar-refractivity contribution in [2.75, 3.05) is 18.6 Å². The molecular weight excluding hydrogens is 504 g/mol. The summed E-state index contributed by atoms with van der Waals surface area (Å²) in [6.45, 7) is 6.52. The molecule has 3 amide bonds. The van der Waals surface area contributed by atoms with Gasteiger partial charge < -0.3 is 48.2 Å². The highest BCUT2D eigenvalue weighted by Crippen LogP contribution is 2.08. The van der Waals surface area contributed by atoms with Crippen molar-refractivity contribution in [1.29, 1.82) is 0 Å². The van der Waals surface area contributed by atoms with Crippen molar-refractivity contribution in [1.82, 2.24) is 21.3 Å². The Labute approximate surface area is 222 Å². The smallest absolute Gasteiger partial charge is 0.244 e. The number of nitrogens with one attached hydrogen (secondary N) is 4. The van der Waals surface area contributed by atoms with Gasteiger partial charge in [0.05, 0.1) is 18.1 Å². The molecule has 0 unspecified atom stereocenters. The van der Waals surface area contributed by atoms with Crippen LogP contribution >= 0.6 is 11.8 Å². The fourth-order valence-electron chi connectivity index (χ4n) is 3.03. The number of aldehydes is 1. The SMILES string of the molecule is CSCC[C@H](NC(=O)[C@H](CCCN=C(N)N)NC(=O)[C@@H](N)C(C)C)C(=O)N[C@@H](C)C(O)(O)N[C@@H](C)C=O. The number of hydrogen-bond acceptors (Lipinski definition) is 10. The Morgan fingerprint density at radius 3 is 2.03 bits per heavy atom. The highest BCUT2D eigenvalue weighted by Gasteiger charge is 2.36. The van der Waals surface area contributed by atoms with E-state index in [9.17, 15) is 29.4 Å². The largest absolute Gasteiger partial charge is 0.370 e. The van der Waals surface area contributed by atoms with Crippen LogP contribution in [0.2, 0.25) is 0 Å². The van der Waals surface area contributed by atoms with Gasteiger partial charge in [-0.3, -0.25) is 24.7 Å². The maximum absolute atomic E-state index is 13.2. The lowest BCUT2D eigenvalue weighted by Gasteiger charge is -2.32. The summed E-state index contributed by atoms with van der Waals surface area (Å²) in [4.78, 5) is 53.4. The first-order valence-electron chi connectivity index (χ1n) is 12.0. The molecular formula is C22H44N8O6S. The minimum absolute atomic E-state index is 0.101. The van der Waals surface area contributed by atoms with Gasteiger partial charge in [0.2, 0.25) is 23.6 Å². The second kappa shape index (κ2) is 17.1. The van der Waals surface area contributed by atoms with Gasteiger partial charge in [-0.25, -0.2) is 0 Å². The first-order valence-corrected chi connectivity index (χ1v) is 13.4. The van der Waals surface area contributed by atoms with Crippen LogP contribution in [-0.2, 0) is 19.2 Å². The number of carbonyl (C=O) groups is 4. The third kappa shape index (κ3) is 13.6. The lowest BCUT2D eigenvalue weighted by Crippen LogP contribution is -2.64. The van der Waals surface area contributed by atoms with Crippen molar-refractivity contribution in [3.05, 3.63) is 0 Å². The topological polar surface area (TPSA) is 247 Å². The maximum Gasteiger partial charge on any atom is 0.244 e. The summed E-state index contributed by atoms with van der Waals surface area (Å²) in [7, 11) is 0. The van der Waals surface area contributed by atoms with Gasteiger partial charge in [0.15, 0.2) is 5.96 Å². The van der Waals surface area contributed by atoms with Crippen LogP contribution in [0.1, 0.15) is 47.0 Å². The van der Waals surface area contributed by atoms with Crippen LogP contribution in [0.3, 0.4) is 0 Å². The molecule has 0 aromatic rings. The molecule has 0 aliphatic rings. The lowest BCUT2D eigenvalue weighted by molar-refractivity contribution is -0.208. The van der Waals surface area contributed by atoms with E-state index in [0.29, 0.717) is 18.5 Å². The van der Waals surface area contributed by atoms with E-state index in [1.807, 2.05) is 6.26 Å². The zero-order valence-electron chi connectivity index (χ0n) is 22.2. The van der Waals surface area contributed by atoms with Gasteiger partial charge in [-0.2, -0.15) is 11.8 Å². The average Bonchev–Trinajstić information content (AvgIpc) is 2.81. The number of guanidine groups is 1. The Morgan fingerprint density at radius 2 is 1.51 bits per heavy atom. The van der Waals surface area contributed by atoms with E-state index in [1.54, 1.807) is 13.8 Å². The second-order valence-corrected chi connectivity index (χ2v) is 10.1. The lowest BCUT2D eigenvalue weighted by atomic mass is 10.0. The molecule has 0 rings (SSSR count). The van der Waals surface area contributed by atoms with Gasteiger partial charge in [0, 0.05) is 6.54 Å². The minimum atomic E-state index is -2.58. The third-order valence-electron chi connectivity index (χ3n) is 5.45. The molecule has 0 aromatic carbocycles. The van der Waals surface area contributed by atoms with E-state index in [4.69, 9.17) is 17.2 Å². The van der Waals surface area contributed by atoms with E-state index in [1.165, 1.54) is 25.6 Å². The summed E-state index contributed by atoms with van der Waals surface area (Å²) in [5.74, 6) is -4.15. The van der Waals surface area contributed by atoms with Gasteiger partial charge in [-0.1, -0.05) is 13.8 Å². The molecule has 0 aromatic heterocycles. The molecule has 0 radical (unpaired) electrons. The van der Waals surface area contributed by atoms with Crippen molar-refractivity contribution in [3.63, 3.8) is 0 Å². The van der Waals surface area contributed by atoms with Crippen LogP contribution in [0.25, 0.3) is 0 Å². The normalized spacial score (nSPS) is 15.6. The molecule has 12 N–H and O–H groups in total. The number of nitrogens with two attached hydrogens (primary N) is 3. The molecule has 0 saturated heterocycles. The van der Waals surface area contributed by atoms with Gasteiger partial charge >= 0.3 is 0 Å². The van der Waals surface area contributed by atoms with E-state index >= 15 is 0 Å². The second-order valence-electron chi connectivity index (χ2n) is 9.15. The molecule has 0 fully saturated rings. The standard InChI is InChI=1S/C22H44N8O6S/c1-12(2)17(23)20(34)29-15(7-6-9-26-21(24)25)19(33)28-16(8-10-37-5)18(32)27-14(4)22(35,36)30-13(3)11-31/h11-17,30,35-36H,6-10,23H2,1-5H3,(H,27,32)(H,28,33)(H,29,34)(H4,24,25,26)/t13-,14-,15-,16-,17-/m0/s1. The molecule has 0 spiro atoms. The Hall–Kier alpha value is -2.46.